The van der Waals surface area contributed by atoms with Crippen molar-refractivity contribution in [2.75, 3.05) is 0 Å². The number of hydrogen-bond acceptors (Lipinski definition) is 6. The summed E-state index contributed by atoms with van der Waals surface area (Å²) in [6.07, 6.45) is 0.878. The first kappa shape index (κ1) is 18.5. The summed E-state index contributed by atoms with van der Waals surface area (Å²) in [5, 5.41) is 0. The summed E-state index contributed by atoms with van der Waals surface area (Å²) in [7, 11) is 0. The normalized spacial score (nSPS) is 16.9. The van der Waals surface area contributed by atoms with Crippen LogP contribution in [-0.4, -0.2) is 35.1 Å². The predicted molar refractivity (Wildman–Crippen MR) is 88.4 cm³/mol. The molecule has 1 atom stereocenters. The minimum absolute atomic E-state index is 0.272. The van der Waals surface area contributed by atoms with Gasteiger partial charge in [0, 0.05) is 19.5 Å². The number of rotatable bonds is 4. The number of benzene rings is 1. The molecular formula is C18H21NO6. The monoisotopic (exact) mass is 347 g/mol. The molecule has 1 heterocycles. The van der Waals surface area contributed by atoms with Crippen LogP contribution >= 0.6 is 0 Å². The molecular weight excluding hydrogens is 326 g/mol. The summed E-state index contributed by atoms with van der Waals surface area (Å²) in [5.74, 6) is -0.383. The third-order valence-corrected chi connectivity index (χ3v) is 3.34. The summed E-state index contributed by atoms with van der Waals surface area (Å²) in [6, 6.07) is 7.66. The molecule has 1 aliphatic heterocycles. The molecule has 134 valence electrons. The van der Waals surface area contributed by atoms with E-state index in [9.17, 15) is 14.4 Å². The van der Waals surface area contributed by atoms with Gasteiger partial charge in [-0.2, -0.15) is 0 Å². The second-order valence-electron chi connectivity index (χ2n) is 5.82. The Balaban J connectivity index is 2.21. The molecule has 0 spiro atoms. The summed E-state index contributed by atoms with van der Waals surface area (Å²) >= 11 is 0. The number of allylic oxidation sites excluding steroid dienone is 1. The first-order chi connectivity index (χ1) is 11.9. The van der Waals surface area contributed by atoms with E-state index in [-0.39, 0.29) is 12.5 Å². The van der Waals surface area contributed by atoms with Crippen molar-refractivity contribution in [3.63, 3.8) is 0 Å². The van der Waals surface area contributed by atoms with E-state index in [1.807, 2.05) is 0 Å². The highest BCUT2D eigenvalue weighted by Crippen LogP contribution is 2.24. The number of para-hydroxylation sites is 1. The van der Waals surface area contributed by atoms with E-state index in [4.69, 9.17) is 14.2 Å². The van der Waals surface area contributed by atoms with E-state index in [1.165, 1.54) is 13.1 Å². The van der Waals surface area contributed by atoms with Crippen LogP contribution in [0.25, 0.3) is 0 Å². The second kappa shape index (κ2) is 8.32. The average Bonchev–Trinajstić information content (AvgIpc) is 2.54. The van der Waals surface area contributed by atoms with Crippen LogP contribution in [0.2, 0.25) is 0 Å². The quantitative estimate of drug-likeness (QED) is 0.779. The minimum atomic E-state index is -0.835. The number of carbonyl (C=O) groups is 3. The Bertz CT molecular complexity index is 667. The predicted octanol–water partition coefficient (Wildman–Crippen LogP) is 3.01. The first-order valence-corrected chi connectivity index (χ1v) is 8.01. The smallest absolute Gasteiger partial charge is 0.420 e. The molecule has 25 heavy (non-hydrogen) atoms. The molecule has 2 rings (SSSR count). The second-order valence-corrected chi connectivity index (χ2v) is 5.82. The third-order valence-electron chi connectivity index (χ3n) is 3.34. The zero-order valence-electron chi connectivity index (χ0n) is 14.4. The summed E-state index contributed by atoms with van der Waals surface area (Å²) in [5.41, 5.74) is 0. The zero-order valence-corrected chi connectivity index (χ0v) is 14.4. The van der Waals surface area contributed by atoms with E-state index in [0.717, 1.165) is 4.90 Å². The Morgan fingerprint density at radius 1 is 1.12 bits per heavy atom. The Morgan fingerprint density at radius 2 is 1.80 bits per heavy atom. The van der Waals surface area contributed by atoms with E-state index >= 15 is 0 Å². The minimum Gasteiger partial charge on any atom is -0.461 e. The third kappa shape index (κ3) is 5.34. The van der Waals surface area contributed by atoms with Gasteiger partial charge in [-0.15, -0.1) is 0 Å². The SMILES string of the molecule is CC(=O)OC1=CN(C(=O)Oc2ccccc2)[C@H](C(=O)OC(C)C)CC1. The fraction of sp³-hybridized carbons (Fsp3) is 0.389. The highest BCUT2D eigenvalue weighted by atomic mass is 16.6. The summed E-state index contributed by atoms with van der Waals surface area (Å²) in [6.45, 7) is 4.73. The number of carbonyl (C=O) groups excluding carboxylic acids is 3. The maximum absolute atomic E-state index is 12.5. The molecule has 0 fully saturated rings. The van der Waals surface area contributed by atoms with Crippen molar-refractivity contribution in [1.82, 2.24) is 4.90 Å². The van der Waals surface area contributed by atoms with Gasteiger partial charge in [0.05, 0.1) is 6.10 Å². The molecule has 0 saturated carbocycles. The van der Waals surface area contributed by atoms with E-state index in [2.05, 4.69) is 0 Å². The van der Waals surface area contributed by atoms with Crippen LogP contribution in [0.3, 0.4) is 0 Å². The van der Waals surface area contributed by atoms with Crippen molar-refractivity contribution in [3.05, 3.63) is 42.3 Å². The molecule has 1 aliphatic rings. The van der Waals surface area contributed by atoms with Crippen LogP contribution < -0.4 is 4.74 Å². The van der Waals surface area contributed by atoms with Gasteiger partial charge in [0.1, 0.15) is 17.6 Å². The molecule has 0 unspecified atom stereocenters. The molecule has 0 saturated heterocycles. The molecule has 0 bridgehead atoms. The Kier molecular flexibility index (Phi) is 6.16. The van der Waals surface area contributed by atoms with Crippen molar-refractivity contribution >= 4 is 18.0 Å². The van der Waals surface area contributed by atoms with Gasteiger partial charge in [-0.3, -0.25) is 9.69 Å². The molecule has 0 N–H and O–H groups in total. The lowest BCUT2D eigenvalue weighted by atomic mass is 10.1. The van der Waals surface area contributed by atoms with E-state index < -0.39 is 24.1 Å². The van der Waals surface area contributed by atoms with Gasteiger partial charge in [0.15, 0.2) is 0 Å². The fourth-order valence-electron chi connectivity index (χ4n) is 2.35. The van der Waals surface area contributed by atoms with Crippen LogP contribution in [0.15, 0.2) is 42.3 Å². The van der Waals surface area contributed by atoms with Crippen molar-refractivity contribution in [2.45, 2.75) is 45.8 Å². The van der Waals surface area contributed by atoms with Gasteiger partial charge in [0.2, 0.25) is 0 Å². The molecule has 0 aromatic heterocycles. The van der Waals surface area contributed by atoms with Gasteiger partial charge in [-0.1, -0.05) is 18.2 Å². The molecule has 0 aliphatic carbocycles. The number of amides is 1. The molecule has 1 aromatic carbocycles. The molecule has 7 nitrogen and oxygen atoms in total. The lowest BCUT2D eigenvalue weighted by Crippen LogP contribution is -2.46. The number of nitrogens with zero attached hydrogens (tertiary/aromatic N) is 1. The molecule has 0 radical (unpaired) electrons. The van der Waals surface area contributed by atoms with Crippen LogP contribution in [-0.2, 0) is 19.1 Å². The maximum atomic E-state index is 12.5. The van der Waals surface area contributed by atoms with Crippen LogP contribution in [0.1, 0.15) is 33.6 Å². The van der Waals surface area contributed by atoms with Gasteiger partial charge >= 0.3 is 18.0 Å². The van der Waals surface area contributed by atoms with Crippen LogP contribution in [0, 0.1) is 0 Å². The lowest BCUT2D eigenvalue weighted by Gasteiger charge is -2.31. The van der Waals surface area contributed by atoms with Gasteiger partial charge in [-0.25, -0.2) is 9.59 Å². The van der Waals surface area contributed by atoms with Gasteiger partial charge in [-0.05, 0) is 32.4 Å². The highest BCUT2D eigenvalue weighted by molar-refractivity contribution is 5.83. The maximum Gasteiger partial charge on any atom is 0.420 e. The summed E-state index contributed by atoms with van der Waals surface area (Å²) in [4.78, 5) is 37.1. The first-order valence-electron chi connectivity index (χ1n) is 8.01. The van der Waals surface area contributed by atoms with Crippen molar-refractivity contribution < 1.29 is 28.6 Å². The van der Waals surface area contributed by atoms with Gasteiger partial charge in [0.25, 0.3) is 0 Å². The van der Waals surface area contributed by atoms with E-state index in [1.54, 1.807) is 44.2 Å². The number of esters is 2. The largest absolute Gasteiger partial charge is 0.461 e. The fourth-order valence-corrected chi connectivity index (χ4v) is 2.35. The van der Waals surface area contributed by atoms with Gasteiger partial charge < -0.3 is 14.2 Å². The van der Waals surface area contributed by atoms with Crippen molar-refractivity contribution in [3.8, 4) is 5.75 Å². The Hall–Kier alpha value is -2.83. The lowest BCUT2D eigenvalue weighted by molar-refractivity contribution is -0.153. The number of hydrogen-bond donors (Lipinski definition) is 0. The Labute approximate surface area is 146 Å². The van der Waals surface area contributed by atoms with Crippen molar-refractivity contribution in [2.24, 2.45) is 0 Å². The topological polar surface area (TPSA) is 82.1 Å². The molecule has 7 heteroatoms. The standard InChI is InChI=1S/C18H21NO6/c1-12(2)23-17(21)16-10-9-15(24-13(3)20)11-19(16)18(22)25-14-7-5-4-6-8-14/h4-8,11-12,16H,9-10H2,1-3H3/t16-/m0/s1. The molecule has 1 aromatic rings. The molecule has 1 amide bonds. The number of ether oxygens (including phenoxy) is 3. The van der Waals surface area contributed by atoms with Crippen LogP contribution in [0.5, 0.6) is 5.75 Å². The average molecular weight is 347 g/mol. The van der Waals surface area contributed by atoms with Crippen LogP contribution in [0.4, 0.5) is 4.79 Å². The Morgan fingerprint density at radius 3 is 2.40 bits per heavy atom. The highest BCUT2D eigenvalue weighted by Gasteiger charge is 2.35. The van der Waals surface area contributed by atoms with Crippen molar-refractivity contribution in [1.29, 1.82) is 0 Å². The zero-order chi connectivity index (χ0) is 18.4. The summed E-state index contributed by atoms with van der Waals surface area (Å²) < 4.78 is 15.5. The van der Waals surface area contributed by atoms with E-state index in [0.29, 0.717) is 17.9 Å².